The number of carbonyl (C=O) groups excluding carboxylic acids is 2. The van der Waals surface area contributed by atoms with E-state index in [-0.39, 0.29) is 11.4 Å². The van der Waals surface area contributed by atoms with Crippen LogP contribution in [0, 0.1) is 0 Å². The molecule has 0 saturated carbocycles. The van der Waals surface area contributed by atoms with Crippen molar-refractivity contribution in [3.05, 3.63) is 53.8 Å². The van der Waals surface area contributed by atoms with Crippen LogP contribution < -0.4 is 0 Å². The van der Waals surface area contributed by atoms with E-state index in [0.717, 1.165) is 6.08 Å². The number of rotatable bonds is 1. The summed E-state index contributed by atoms with van der Waals surface area (Å²) >= 11 is 0. The zero-order valence-corrected chi connectivity index (χ0v) is 7.81. The lowest BCUT2D eigenvalue weighted by Gasteiger charge is -2.09. The van der Waals surface area contributed by atoms with E-state index >= 15 is 0 Å². The van der Waals surface area contributed by atoms with Gasteiger partial charge < -0.3 is 5.11 Å². The number of aliphatic hydroxyl groups is 1. The molecule has 0 aliphatic heterocycles. The smallest absolute Gasteiger partial charge is 0.228 e. The average molecular weight is 200 g/mol. The molecule has 1 aromatic rings. The van der Waals surface area contributed by atoms with Crippen LogP contribution in [-0.2, 0) is 9.59 Å². The van der Waals surface area contributed by atoms with Gasteiger partial charge in [-0.2, -0.15) is 0 Å². The highest BCUT2D eigenvalue weighted by molar-refractivity contribution is 6.35. The number of allylic oxidation sites excluding steroid dienone is 3. The number of aliphatic hydroxyl groups excluding tert-OH is 1. The summed E-state index contributed by atoms with van der Waals surface area (Å²) in [6.07, 6.45) is 2.16. The van der Waals surface area contributed by atoms with Gasteiger partial charge in [0.15, 0.2) is 11.5 Å². The van der Waals surface area contributed by atoms with Crippen molar-refractivity contribution in [3.63, 3.8) is 0 Å². The van der Waals surface area contributed by atoms with E-state index < -0.39 is 11.5 Å². The van der Waals surface area contributed by atoms with Crippen molar-refractivity contribution in [3.8, 4) is 0 Å². The fourth-order valence-electron chi connectivity index (χ4n) is 1.42. The van der Waals surface area contributed by atoms with Crippen molar-refractivity contribution in [1.29, 1.82) is 0 Å². The second kappa shape index (κ2) is 3.53. The molecule has 1 aliphatic carbocycles. The summed E-state index contributed by atoms with van der Waals surface area (Å²) < 4.78 is 0. The fraction of sp³-hybridized carbons (Fsp3) is 0. The molecule has 0 atom stereocenters. The van der Waals surface area contributed by atoms with Crippen LogP contribution in [-0.4, -0.2) is 16.7 Å². The van der Waals surface area contributed by atoms with Crippen LogP contribution in [0.5, 0.6) is 0 Å². The van der Waals surface area contributed by atoms with Crippen LogP contribution in [0.4, 0.5) is 0 Å². The largest absolute Gasteiger partial charge is 0.504 e. The minimum Gasteiger partial charge on any atom is -0.504 e. The van der Waals surface area contributed by atoms with Crippen LogP contribution in [0.25, 0.3) is 5.57 Å². The first kappa shape index (κ1) is 9.40. The predicted octanol–water partition coefficient (Wildman–Crippen LogP) is 1.66. The maximum atomic E-state index is 11.5. The molecule has 0 amide bonds. The topological polar surface area (TPSA) is 54.4 Å². The van der Waals surface area contributed by atoms with Crippen molar-refractivity contribution in [2.45, 2.75) is 0 Å². The van der Waals surface area contributed by atoms with Crippen molar-refractivity contribution in [2.75, 3.05) is 0 Å². The lowest BCUT2D eigenvalue weighted by atomic mass is 9.95. The highest BCUT2D eigenvalue weighted by Crippen LogP contribution is 2.21. The molecule has 0 aromatic heterocycles. The lowest BCUT2D eigenvalue weighted by molar-refractivity contribution is -0.115. The molecule has 0 fully saturated rings. The van der Waals surface area contributed by atoms with Gasteiger partial charge in [0.25, 0.3) is 0 Å². The highest BCUT2D eigenvalue weighted by Gasteiger charge is 2.21. The van der Waals surface area contributed by atoms with E-state index in [1.165, 1.54) is 6.08 Å². The fourth-order valence-corrected chi connectivity index (χ4v) is 1.42. The van der Waals surface area contributed by atoms with Crippen LogP contribution in [0.15, 0.2) is 48.2 Å². The molecule has 74 valence electrons. The summed E-state index contributed by atoms with van der Waals surface area (Å²) in [4.78, 5) is 22.7. The van der Waals surface area contributed by atoms with E-state index in [1.54, 1.807) is 24.3 Å². The van der Waals surface area contributed by atoms with E-state index in [2.05, 4.69) is 0 Å². The minimum atomic E-state index is -0.513. The molecule has 0 radical (unpaired) electrons. The van der Waals surface area contributed by atoms with Crippen LogP contribution >= 0.6 is 0 Å². The van der Waals surface area contributed by atoms with Gasteiger partial charge in [-0.1, -0.05) is 30.3 Å². The molecule has 1 aromatic carbocycles. The molecule has 2 rings (SSSR count). The predicted molar refractivity (Wildman–Crippen MR) is 55.1 cm³/mol. The van der Waals surface area contributed by atoms with Gasteiger partial charge in [0.05, 0.1) is 0 Å². The van der Waals surface area contributed by atoms with Gasteiger partial charge in [0.1, 0.15) is 0 Å². The standard InChI is InChI=1S/C12H8O3/c13-9-6-10(12(15)11(14)7-9)8-4-2-1-3-5-8/h1-7,14H. The normalized spacial score (nSPS) is 16.0. The Labute approximate surface area is 86.4 Å². The van der Waals surface area contributed by atoms with E-state index in [0.29, 0.717) is 5.56 Å². The third kappa shape index (κ3) is 1.72. The van der Waals surface area contributed by atoms with E-state index in [4.69, 9.17) is 0 Å². The first-order valence-electron chi connectivity index (χ1n) is 4.45. The molecule has 3 heteroatoms. The zero-order chi connectivity index (χ0) is 10.8. The lowest BCUT2D eigenvalue weighted by Crippen LogP contribution is -2.12. The minimum absolute atomic E-state index is 0.237. The Morgan fingerprint density at radius 3 is 2.27 bits per heavy atom. The van der Waals surface area contributed by atoms with Gasteiger partial charge in [0, 0.05) is 11.6 Å². The molecule has 1 aliphatic rings. The van der Waals surface area contributed by atoms with Crippen LogP contribution in [0.2, 0.25) is 0 Å². The SMILES string of the molecule is O=C1C=C(O)C(=O)C(c2ccccc2)=C1. The molecule has 0 unspecified atom stereocenters. The quantitative estimate of drug-likeness (QED) is 0.701. The summed E-state index contributed by atoms with van der Waals surface area (Å²) in [7, 11) is 0. The number of hydrogen-bond acceptors (Lipinski definition) is 3. The van der Waals surface area contributed by atoms with E-state index in [9.17, 15) is 14.7 Å². The molecular weight excluding hydrogens is 192 g/mol. The molecular formula is C12H8O3. The van der Waals surface area contributed by atoms with Crippen molar-refractivity contribution < 1.29 is 14.7 Å². The maximum Gasteiger partial charge on any atom is 0.228 e. The Morgan fingerprint density at radius 1 is 0.933 bits per heavy atom. The van der Waals surface area contributed by atoms with Gasteiger partial charge in [0.2, 0.25) is 5.78 Å². The second-order valence-electron chi connectivity index (χ2n) is 3.19. The first-order chi connectivity index (χ1) is 7.18. The molecule has 0 spiro atoms. The average Bonchev–Trinajstić information content (AvgIpc) is 2.24. The number of carbonyl (C=O) groups is 2. The number of benzene rings is 1. The Balaban J connectivity index is 2.47. The number of Topliss-reactive ketones (excluding diaryl/α,β-unsaturated/α-hetero) is 1. The third-order valence-corrected chi connectivity index (χ3v) is 2.13. The van der Waals surface area contributed by atoms with E-state index in [1.807, 2.05) is 6.07 Å². The van der Waals surface area contributed by atoms with Gasteiger partial charge >= 0.3 is 0 Å². The Kier molecular flexibility index (Phi) is 2.21. The van der Waals surface area contributed by atoms with Crippen molar-refractivity contribution in [2.24, 2.45) is 0 Å². The van der Waals surface area contributed by atoms with Crippen molar-refractivity contribution >= 4 is 17.1 Å². The number of ketones is 2. The molecule has 1 N–H and O–H groups in total. The van der Waals surface area contributed by atoms with Crippen LogP contribution in [0.1, 0.15) is 5.56 Å². The summed E-state index contributed by atoms with van der Waals surface area (Å²) in [5.41, 5.74) is 0.871. The van der Waals surface area contributed by atoms with Gasteiger partial charge in [-0.3, -0.25) is 9.59 Å². The molecule has 0 saturated heterocycles. The first-order valence-corrected chi connectivity index (χ1v) is 4.45. The highest BCUT2D eigenvalue weighted by atomic mass is 16.3. The van der Waals surface area contributed by atoms with Crippen molar-refractivity contribution in [1.82, 2.24) is 0 Å². The number of hydrogen-bond donors (Lipinski definition) is 1. The molecule has 0 heterocycles. The van der Waals surface area contributed by atoms with Gasteiger partial charge in [-0.05, 0) is 11.6 Å². The van der Waals surface area contributed by atoms with Crippen LogP contribution in [0.3, 0.4) is 0 Å². The molecule has 3 nitrogen and oxygen atoms in total. The summed E-state index contributed by atoms with van der Waals surface area (Å²) in [5.74, 6) is -1.38. The Hall–Kier alpha value is -2.16. The van der Waals surface area contributed by atoms with Gasteiger partial charge in [-0.15, -0.1) is 0 Å². The zero-order valence-electron chi connectivity index (χ0n) is 7.81. The monoisotopic (exact) mass is 200 g/mol. The van der Waals surface area contributed by atoms with Gasteiger partial charge in [-0.25, -0.2) is 0 Å². The molecule has 15 heavy (non-hydrogen) atoms. The molecule has 0 bridgehead atoms. The Bertz CT molecular complexity index is 481. The third-order valence-electron chi connectivity index (χ3n) is 2.13. The Morgan fingerprint density at radius 2 is 1.60 bits per heavy atom. The summed E-state index contributed by atoms with van der Waals surface area (Å²) in [6.45, 7) is 0. The summed E-state index contributed by atoms with van der Waals surface area (Å²) in [6, 6.07) is 8.78. The second-order valence-corrected chi connectivity index (χ2v) is 3.19. The maximum absolute atomic E-state index is 11.5. The summed E-state index contributed by atoms with van der Waals surface area (Å²) in [5, 5.41) is 9.23.